The van der Waals surface area contributed by atoms with Crippen LogP contribution in [-0.4, -0.2) is 56.3 Å². The molecule has 2 aromatic carbocycles. The fourth-order valence-electron chi connectivity index (χ4n) is 7.67. The van der Waals surface area contributed by atoms with Gasteiger partial charge in [0.15, 0.2) is 0 Å². The van der Waals surface area contributed by atoms with Gasteiger partial charge in [-0.2, -0.15) is 0 Å². The maximum absolute atomic E-state index is 14.9. The third-order valence-corrected chi connectivity index (χ3v) is 9.93. The quantitative estimate of drug-likeness (QED) is 0.505. The van der Waals surface area contributed by atoms with Crippen molar-refractivity contribution in [3.8, 4) is 5.75 Å². The van der Waals surface area contributed by atoms with E-state index >= 15 is 0 Å². The van der Waals surface area contributed by atoms with Gasteiger partial charge in [-0.05, 0) is 84.9 Å². The number of hydrogen-bond donors (Lipinski definition) is 3. The number of morpholine rings is 1. The molecule has 2 aromatic rings. The number of carbonyl (C=O) groups is 1. The summed E-state index contributed by atoms with van der Waals surface area (Å²) in [6.45, 7) is 2.81. The van der Waals surface area contributed by atoms with Crippen molar-refractivity contribution in [2.75, 3.05) is 38.7 Å². The number of rotatable bonds is 6. The lowest BCUT2D eigenvalue weighted by atomic mass is 9.73. The summed E-state index contributed by atoms with van der Waals surface area (Å²) in [6.07, 6.45) is 7.83. The minimum Gasteiger partial charge on any atom is -0.497 e. The van der Waals surface area contributed by atoms with Crippen LogP contribution in [0.4, 0.5) is 14.5 Å². The van der Waals surface area contributed by atoms with Gasteiger partial charge in [-0.15, -0.1) is 0 Å². The fourth-order valence-corrected chi connectivity index (χ4v) is 7.67. The standard InChI is InChI=1S/C31H36F2N4O3/c1-39-20-4-7-28-23(15-20)31(30(38)34-28)16-24(31)19-3-5-21-27(35-36-29(21)14-19)6-2-18-12-25(32)22(26(33)13-18)17-37-8-10-40-11-9-37/h2,4,6-7,12-13,15,19,21,24,27,29,35-36H,3,5,8-11,14,16-17H2,1H3,(H,34,38)/b6-2+/t19?,21?,24?,27?,29?,31-/m0/s1. The van der Waals surface area contributed by atoms with Crippen LogP contribution in [0.3, 0.4) is 0 Å². The molecule has 40 heavy (non-hydrogen) atoms. The highest BCUT2D eigenvalue weighted by Gasteiger charge is 2.67. The molecule has 3 N–H and O–H groups in total. The first kappa shape index (κ1) is 26.1. The zero-order valence-electron chi connectivity index (χ0n) is 22.7. The largest absolute Gasteiger partial charge is 0.497 e. The van der Waals surface area contributed by atoms with E-state index < -0.39 is 17.0 Å². The Labute approximate surface area is 233 Å². The molecule has 6 atom stereocenters. The Hall–Kier alpha value is -2.85. The minimum absolute atomic E-state index is 0.0815. The van der Waals surface area contributed by atoms with E-state index in [9.17, 15) is 13.6 Å². The maximum atomic E-state index is 14.9. The second-order valence-electron chi connectivity index (χ2n) is 12.0. The number of hydrazine groups is 1. The highest BCUT2D eigenvalue weighted by atomic mass is 19.1. The van der Waals surface area contributed by atoms with Crippen molar-refractivity contribution >= 4 is 17.7 Å². The molecule has 4 fully saturated rings. The average molecular weight is 551 g/mol. The smallest absolute Gasteiger partial charge is 0.235 e. The van der Waals surface area contributed by atoms with Gasteiger partial charge < -0.3 is 14.8 Å². The number of amides is 1. The number of ether oxygens (including phenoxy) is 2. The molecular formula is C31H36F2N4O3. The highest BCUT2D eigenvalue weighted by Crippen LogP contribution is 2.65. The van der Waals surface area contributed by atoms with Gasteiger partial charge in [0.25, 0.3) is 0 Å². The minimum atomic E-state index is -0.504. The SMILES string of the molecule is COc1ccc2c(c1)[C@]1(CC1C1CCC3C(/C=C/c4cc(F)c(CN5CCOCC5)c(F)c4)NNC3C1)C(=O)N2. The molecule has 0 aromatic heterocycles. The molecule has 1 spiro atoms. The van der Waals surface area contributed by atoms with Gasteiger partial charge in [0.1, 0.15) is 17.4 Å². The number of nitrogens with one attached hydrogen (secondary N) is 3. The number of anilines is 1. The highest BCUT2D eigenvalue weighted by molar-refractivity contribution is 6.09. The summed E-state index contributed by atoms with van der Waals surface area (Å²) in [4.78, 5) is 15.1. The molecule has 5 aliphatic rings. The molecule has 2 saturated heterocycles. The van der Waals surface area contributed by atoms with E-state index in [0.717, 1.165) is 42.7 Å². The van der Waals surface area contributed by atoms with E-state index in [1.807, 2.05) is 35.3 Å². The molecule has 3 aliphatic heterocycles. The monoisotopic (exact) mass is 550 g/mol. The van der Waals surface area contributed by atoms with Crippen LogP contribution in [0.1, 0.15) is 42.4 Å². The number of methoxy groups -OCH3 is 1. The van der Waals surface area contributed by atoms with E-state index in [4.69, 9.17) is 9.47 Å². The van der Waals surface area contributed by atoms with Gasteiger partial charge in [0.2, 0.25) is 5.91 Å². The van der Waals surface area contributed by atoms with Gasteiger partial charge in [0, 0.05) is 43.0 Å². The van der Waals surface area contributed by atoms with Crippen LogP contribution in [0.5, 0.6) is 5.75 Å². The Balaban J connectivity index is 0.995. The van der Waals surface area contributed by atoms with Crippen molar-refractivity contribution in [3.63, 3.8) is 0 Å². The zero-order valence-corrected chi connectivity index (χ0v) is 22.7. The summed E-state index contributed by atoms with van der Waals surface area (Å²) < 4.78 is 40.5. The summed E-state index contributed by atoms with van der Waals surface area (Å²) in [6, 6.07) is 9.10. The molecule has 0 bridgehead atoms. The normalized spacial score (nSPS) is 33.3. The van der Waals surface area contributed by atoms with Crippen molar-refractivity contribution < 1.29 is 23.0 Å². The van der Waals surface area contributed by atoms with Crippen molar-refractivity contribution in [2.24, 2.45) is 17.8 Å². The van der Waals surface area contributed by atoms with Gasteiger partial charge >= 0.3 is 0 Å². The van der Waals surface area contributed by atoms with Crippen LogP contribution in [0.2, 0.25) is 0 Å². The summed E-state index contributed by atoms with van der Waals surface area (Å²) >= 11 is 0. The molecule has 3 heterocycles. The Kier molecular flexibility index (Phi) is 6.65. The molecule has 7 rings (SSSR count). The second kappa shape index (κ2) is 10.2. The second-order valence-corrected chi connectivity index (χ2v) is 12.0. The van der Waals surface area contributed by atoms with E-state index in [-0.39, 0.29) is 24.1 Å². The van der Waals surface area contributed by atoms with Crippen LogP contribution in [0.25, 0.3) is 6.08 Å². The predicted molar refractivity (Wildman–Crippen MR) is 148 cm³/mol. The number of benzene rings is 2. The third kappa shape index (κ3) is 4.43. The molecular weight excluding hydrogens is 514 g/mol. The number of nitrogens with zero attached hydrogens (tertiary/aromatic N) is 1. The Morgan fingerprint density at radius 2 is 1.93 bits per heavy atom. The predicted octanol–water partition coefficient (Wildman–Crippen LogP) is 3.99. The topological polar surface area (TPSA) is 74.9 Å². The lowest BCUT2D eigenvalue weighted by Gasteiger charge is -2.33. The van der Waals surface area contributed by atoms with Crippen molar-refractivity contribution in [2.45, 2.75) is 49.7 Å². The van der Waals surface area contributed by atoms with Gasteiger partial charge in [0.05, 0.1) is 25.7 Å². The molecule has 7 nitrogen and oxygen atoms in total. The molecule has 212 valence electrons. The molecule has 5 unspecified atom stereocenters. The number of carbonyl (C=O) groups excluding carboxylic acids is 1. The third-order valence-electron chi connectivity index (χ3n) is 9.93. The fraction of sp³-hybridized carbons (Fsp3) is 0.516. The first-order valence-electron chi connectivity index (χ1n) is 14.4. The number of fused-ring (bicyclic) bond motifs is 3. The Morgan fingerprint density at radius 1 is 1.12 bits per heavy atom. The van der Waals surface area contributed by atoms with Crippen LogP contribution >= 0.6 is 0 Å². The van der Waals surface area contributed by atoms with E-state index in [2.05, 4.69) is 16.2 Å². The van der Waals surface area contributed by atoms with Crippen molar-refractivity contribution in [3.05, 3.63) is 64.7 Å². The summed E-state index contributed by atoms with van der Waals surface area (Å²) in [5.74, 6) is 1.08. The first-order valence-corrected chi connectivity index (χ1v) is 14.4. The van der Waals surface area contributed by atoms with Crippen LogP contribution < -0.4 is 20.9 Å². The number of halogens is 2. The lowest BCUT2D eigenvalue weighted by molar-refractivity contribution is -0.118. The van der Waals surface area contributed by atoms with Gasteiger partial charge in [-0.1, -0.05) is 12.2 Å². The Bertz CT molecular complexity index is 1320. The maximum Gasteiger partial charge on any atom is 0.235 e. The van der Waals surface area contributed by atoms with Crippen LogP contribution in [-0.2, 0) is 21.5 Å². The van der Waals surface area contributed by atoms with Crippen LogP contribution in [0.15, 0.2) is 36.4 Å². The summed E-state index contributed by atoms with van der Waals surface area (Å²) in [7, 11) is 1.66. The molecule has 1 amide bonds. The number of hydrogen-bond acceptors (Lipinski definition) is 6. The van der Waals surface area contributed by atoms with Crippen LogP contribution in [0, 0.1) is 29.4 Å². The van der Waals surface area contributed by atoms with Crippen molar-refractivity contribution in [1.29, 1.82) is 0 Å². The molecule has 2 saturated carbocycles. The van der Waals surface area contributed by atoms with E-state index in [1.54, 1.807) is 7.11 Å². The lowest BCUT2D eigenvalue weighted by Crippen LogP contribution is -2.37. The summed E-state index contributed by atoms with van der Waals surface area (Å²) in [5.41, 5.74) is 9.10. The van der Waals surface area contributed by atoms with Gasteiger partial charge in [-0.3, -0.25) is 20.5 Å². The van der Waals surface area contributed by atoms with Gasteiger partial charge in [-0.25, -0.2) is 8.78 Å². The van der Waals surface area contributed by atoms with E-state index in [1.165, 1.54) is 12.1 Å². The Morgan fingerprint density at radius 3 is 2.70 bits per heavy atom. The molecule has 2 aliphatic carbocycles. The molecule has 9 heteroatoms. The van der Waals surface area contributed by atoms with E-state index in [0.29, 0.717) is 55.7 Å². The zero-order chi connectivity index (χ0) is 27.4. The summed E-state index contributed by atoms with van der Waals surface area (Å²) in [5, 5.41) is 3.10. The first-order chi connectivity index (χ1) is 19.5. The van der Waals surface area contributed by atoms with Crippen molar-refractivity contribution in [1.82, 2.24) is 15.8 Å². The molecule has 0 radical (unpaired) electrons. The average Bonchev–Trinajstić information content (AvgIpc) is 3.51.